The Bertz CT molecular complexity index is 1050. The van der Waals surface area contributed by atoms with E-state index in [1.54, 1.807) is 6.20 Å². The Morgan fingerprint density at radius 1 is 1.13 bits per heavy atom. The Balaban J connectivity index is 1.50. The summed E-state index contributed by atoms with van der Waals surface area (Å²) in [5, 5.41) is 8.47. The molecule has 0 radical (unpaired) electrons. The molecule has 5 nitrogen and oxygen atoms in total. The van der Waals surface area contributed by atoms with Gasteiger partial charge in [-0.25, -0.2) is 4.98 Å². The molecule has 1 fully saturated rings. The van der Waals surface area contributed by atoms with Gasteiger partial charge >= 0.3 is 0 Å². The highest BCUT2D eigenvalue weighted by Gasteiger charge is 2.20. The Hall–Kier alpha value is -2.79. The second-order valence-corrected chi connectivity index (χ2v) is 8.21. The lowest BCUT2D eigenvalue weighted by molar-refractivity contribution is 0.209. The average Bonchev–Trinajstić information content (AvgIpc) is 3.31. The number of aromatic amines is 1. The van der Waals surface area contributed by atoms with E-state index in [-0.39, 0.29) is 0 Å². The molecular weight excluding hydrogens is 394 g/mol. The summed E-state index contributed by atoms with van der Waals surface area (Å²) in [7, 11) is 0. The predicted octanol–water partition coefficient (Wildman–Crippen LogP) is 5.57. The number of aromatic nitrogens is 3. The number of piperazine rings is 1. The van der Waals surface area contributed by atoms with Crippen molar-refractivity contribution in [1.82, 2.24) is 25.0 Å². The largest absolute Gasteiger partial charge is 0.372 e. The maximum Gasteiger partial charge on any atom is 0.0756 e. The van der Waals surface area contributed by atoms with Crippen LogP contribution in [-0.2, 0) is 0 Å². The summed E-state index contributed by atoms with van der Waals surface area (Å²) in [4.78, 5) is 9.58. The first-order valence-electron chi connectivity index (χ1n) is 10.5. The molecule has 1 saturated heterocycles. The molecule has 3 heterocycles. The number of nitrogens with one attached hydrogen (secondary N) is 1. The van der Waals surface area contributed by atoms with Crippen molar-refractivity contribution in [3.05, 3.63) is 66.1 Å². The molecule has 30 heavy (non-hydrogen) atoms. The van der Waals surface area contributed by atoms with E-state index in [0.29, 0.717) is 5.02 Å². The second-order valence-electron chi connectivity index (χ2n) is 7.80. The van der Waals surface area contributed by atoms with Gasteiger partial charge in [0.2, 0.25) is 0 Å². The van der Waals surface area contributed by atoms with Crippen LogP contribution in [0.3, 0.4) is 0 Å². The molecule has 156 valence electrons. The summed E-state index contributed by atoms with van der Waals surface area (Å²) < 4.78 is 0. The van der Waals surface area contributed by atoms with Gasteiger partial charge in [-0.15, -0.1) is 0 Å². The molecule has 1 aliphatic heterocycles. The fourth-order valence-electron chi connectivity index (χ4n) is 3.92. The Morgan fingerprint density at radius 3 is 2.60 bits per heavy atom. The van der Waals surface area contributed by atoms with Crippen molar-refractivity contribution in [2.75, 3.05) is 26.2 Å². The first kappa shape index (κ1) is 20.5. The quantitative estimate of drug-likeness (QED) is 0.541. The molecule has 0 amide bonds. The maximum absolute atomic E-state index is 6.52. The topological polar surface area (TPSA) is 48.0 Å². The molecule has 0 spiro atoms. The third kappa shape index (κ3) is 4.21. The average molecular weight is 422 g/mol. The predicted molar refractivity (Wildman–Crippen MR) is 125 cm³/mol. The second kappa shape index (κ2) is 8.92. The van der Waals surface area contributed by atoms with Gasteiger partial charge in [0.25, 0.3) is 0 Å². The van der Waals surface area contributed by atoms with Gasteiger partial charge in [0.15, 0.2) is 0 Å². The first-order valence-corrected chi connectivity index (χ1v) is 10.9. The van der Waals surface area contributed by atoms with Crippen molar-refractivity contribution >= 4 is 28.2 Å². The number of halogens is 1. The monoisotopic (exact) mass is 421 g/mol. The molecule has 2 aromatic heterocycles. The lowest BCUT2D eigenvalue weighted by atomic mass is 10.1. The van der Waals surface area contributed by atoms with Gasteiger partial charge in [-0.2, -0.15) is 5.10 Å². The lowest BCUT2D eigenvalue weighted by Gasteiger charge is -2.39. The molecule has 1 aromatic carbocycles. The third-order valence-corrected chi connectivity index (χ3v) is 6.13. The zero-order chi connectivity index (χ0) is 21.1. The molecule has 0 aliphatic carbocycles. The van der Waals surface area contributed by atoms with Crippen LogP contribution in [0.2, 0.25) is 5.02 Å². The smallest absolute Gasteiger partial charge is 0.0756 e. The van der Waals surface area contributed by atoms with Crippen LogP contribution in [0.4, 0.5) is 0 Å². The van der Waals surface area contributed by atoms with Gasteiger partial charge in [0, 0.05) is 54.7 Å². The molecule has 0 unspecified atom stereocenters. The standard InChI is InChI=1S/C24H28ClN5/c1-4-5-6-17(2)29-9-11-30(12-10-29)18(3)19-7-8-21-22(25)14-23(28-24(21)13-19)20-15-26-27-16-20/h7-8,13-16H,2-6,9-12H2,1H3,(H,26,27). The molecule has 3 aromatic rings. The number of hydrogen-bond acceptors (Lipinski definition) is 4. The molecule has 0 bridgehead atoms. The van der Waals surface area contributed by atoms with Crippen molar-refractivity contribution in [3.63, 3.8) is 0 Å². The number of pyridine rings is 1. The normalized spacial score (nSPS) is 14.3. The minimum atomic E-state index is 0.688. The molecule has 1 aliphatic rings. The van der Waals surface area contributed by atoms with Gasteiger partial charge in [0.1, 0.15) is 0 Å². The summed E-state index contributed by atoms with van der Waals surface area (Å²) in [6, 6.07) is 8.09. The van der Waals surface area contributed by atoms with Crippen molar-refractivity contribution < 1.29 is 0 Å². The van der Waals surface area contributed by atoms with E-state index in [1.165, 1.54) is 18.5 Å². The number of rotatable bonds is 7. The SMILES string of the molecule is C=C(CCCC)N1CCN(C(=C)c2ccc3c(Cl)cc(-c4cn[nH]c4)nc3c2)CC1. The van der Waals surface area contributed by atoms with E-state index in [4.69, 9.17) is 16.6 Å². The maximum atomic E-state index is 6.52. The van der Waals surface area contributed by atoms with E-state index >= 15 is 0 Å². The number of nitrogens with zero attached hydrogens (tertiary/aromatic N) is 4. The molecule has 0 atom stereocenters. The summed E-state index contributed by atoms with van der Waals surface area (Å²) in [5.41, 5.74) is 5.96. The summed E-state index contributed by atoms with van der Waals surface area (Å²) in [6.45, 7) is 14.8. The highest BCUT2D eigenvalue weighted by atomic mass is 35.5. The molecular formula is C24H28ClN5. The fourth-order valence-corrected chi connectivity index (χ4v) is 4.18. The molecule has 6 heteroatoms. The number of hydrogen-bond donors (Lipinski definition) is 1. The van der Waals surface area contributed by atoms with Crippen molar-refractivity contribution in [1.29, 1.82) is 0 Å². The van der Waals surface area contributed by atoms with Gasteiger partial charge in [-0.1, -0.05) is 50.2 Å². The van der Waals surface area contributed by atoms with Crippen LogP contribution in [0.1, 0.15) is 31.7 Å². The van der Waals surface area contributed by atoms with Crippen LogP contribution in [0.5, 0.6) is 0 Å². The summed E-state index contributed by atoms with van der Waals surface area (Å²) in [6.07, 6.45) is 7.08. The number of unbranched alkanes of at least 4 members (excludes halogenated alkanes) is 1. The minimum absolute atomic E-state index is 0.688. The van der Waals surface area contributed by atoms with E-state index in [9.17, 15) is 0 Å². The highest BCUT2D eigenvalue weighted by molar-refractivity contribution is 6.35. The van der Waals surface area contributed by atoms with Crippen molar-refractivity contribution in [3.8, 4) is 11.3 Å². The first-order chi connectivity index (χ1) is 14.6. The van der Waals surface area contributed by atoms with E-state index < -0.39 is 0 Å². The molecule has 1 N–H and O–H groups in total. The number of benzene rings is 1. The van der Waals surface area contributed by atoms with E-state index in [1.807, 2.05) is 18.3 Å². The number of fused-ring (bicyclic) bond motifs is 1. The Labute approximate surface area is 183 Å². The van der Waals surface area contributed by atoms with Gasteiger partial charge in [0.05, 0.1) is 22.4 Å². The molecule has 0 saturated carbocycles. The van der Waals surface area contributed by atoms with Crippen molar-refractivity contribution in [2.24, 2.45) is 0 Å². The van der Waals surface area contributed by atoms with Crippen LogP contribution >= 0.6 is 11.6 Å². The Kier molecular flexibility index (Phi) is 6.09. The fraction of sp³-hybridized carbons (Fsp3) is 0.333. The number of H-pyrrole nitrogens is 1. The van der Waals surface area contributed by atoms with Gasteiger partial charge in [-0.3, -0.25) is 5.10 Å². The summed E-state index contributed by atoms with van der Waals surface area (Å²) in [5.74, 6) is 0. The highest BCUT2D eigenvalue weighted by Crippen LogP contribution is 2.30. The lowest BCUT2D eigenvalue weighted by Crippen LogP contribution is -2.44. The summed E-state index contributed by atoms with van der Waals surface area (Å²) >= 11 is 6.52. The van der Waals surface area contributed by atoms with E-state index in [2.05, 4.69) is 52.2 Å². The number of allylic oxidation sites excluding steroid dienone is 1. The van der Waals surface area contributed by atoms with Crippen LogP contribution in [0.15, 0.2) is 55.5 Å². The van der Waals surface area contributed by atoms with Crippen LogP contribution in [0.25, 0.3) is 27.9 Å². The van der Waals surface area contributed by atoms with Crippen LogP contribution in [-0.4, -0.2) is 51.2 Å². The zero-order valence-corrected chi connectivity index (χ0v) is 18.3. The van der Waals surface area contributed by atoms with E-state index in [0.717, 1.165) is 66.0 Å². The van der Waals surface area contributed by atoms with Gasteiger partial charge in [-0.05, 0) is 30.5 Å². The minimum Gasteiger partial charge on any atom is -0.372 e. The van der Waals surface area contributed by atoms with Crippen LogP contribution < -0.4 is 0 Å². The molecule has 4 rings (SSSR count). The zero-order valence-electron chi connectivity index (χ0n) is 17.5. The van der Waals surface area contributed by atoms with Crippen molar-refractivity contribution in [2.45, 2.75) is 26.2 Å². The van der Waals surface area contributed by atoms with Gasteiger partial charge < -0.3 is 9.80 Å². The third-order valence-electron chi connectivity index (χ3n) is 5.81. The van der Waals surface area contributed by atoms with Crippen LogP contribution in [0, 0.1) is 0 Å². The Morgan fingerprint density at radius 2 is 1.90 bits per heavy atom.